The molecule has 1 heterocycles. The van der Waals surface area contributed by atoms with E-state index < -0.39 is 11.7 Å². The lowest BCUT2D eigenvalue weighted by molar-refractivity contribution is -0.137. The summed E-state index contributed by atoms with van der Waals surface area (Å²) in [7, 11) is 0. The number of carbonyl (C=O) groups excluding carboxylic acids is 1. The van der Waals surface area contributed by atoms with E-state index in [-0.39, 0.29) is 24.5 Å². The molecule has 0 spiro atoms. The Balaban J connectivity index is 2.04. The molecule has 0 radical (unpaired) electrons. The summed E-state index contributed by atoms with van der Waals surface area (Å²) < 4.78 is 38.0. The molecule has 3 nitrogen and oxygen atoms in total. The van der Waals surface area contributed by atoms with Crippen LogP contribution >= 0.6 is 0 Å². The molecular weight excluding hydrogens is 281 g/mol. The Labute approximate surface area is 122 Å². The van der Waals surface area contributed by atoms with E-state index in [0.29, 0.717) is 18.5 Å². The number of halogens is 3. The zero-order valence-electron chi connectivity index (χ0n) is 12.1. The minimum atomic E-state index is -4.35. The maximum absolute atomic E-state index is 12.7. The van der Waals surface area contributed by atoms with Crippen molar-refractivity contribution in [1.82, 2.24) is 10.2 Å². The van der Waals surface area contributed by atoms with Gasteiger partial charge in [0.1, 0.15) is 0 Å². The fourth-order valence-corrected chi connectivity index (χ4v) is 2.52. The number of carbonyl (C=O) groups is 1. The van der Waals surface area contributed by atoms with Crippen molar-refractivity contribution in [3.63, 3.8) is 0 Å². The second-order valence-corrected chi connectivity index (χ2v) is 5.62. The van der Waals surface area contributed by atoms with E-state index in [4.69, 9.17) is 0 Å². The van der Waals surface area contributed by atoms with Crippen molar-refractivity contribution in [2.45, 2.75) is 45.1 Å². The summed E-state index contributed by atoms with van der Waals surface area (Å²) in [6.07, 6.45) is -3.66. The van der Waals surface area contributed by atoms with Crippen LogP contribution < -0.4 is 5.32 Å². The van der Waals surface area contributed by atoms with Crippen LogP contribution in [0.5, 0.6) is 0 Å². The Hall–Kier alpha value is -1.56. The van der Waals surface area contributed by atoms with Crippen LogP contribution in [0.25, 0.3) is 0 Å². The number of likely N-dealkylation sites (tertiary alicyclic amines) is 1. The maximum atomic E-state index is 12.7. The van der Waals surface area contributed by atoms with Gasteiger partial charge in [0.15, 0.2) is 0 Å². The summed E-state index contributed by atoms with van der Waals surface area (Å²) in [5.74, 6) is -0.0406. The van der Waals surface area contributed by atoms with E-state index in [0.717, 1.165) is 12.1 Å². The molecule has 116 valence electrons. The van der Waals surface area contributed by atoms with Gasteiger partial charge in [-0.3, -0.25) is 4.79 Å². The average Bonchev–Trinajstić information content (AvgIpc) is 2.70. The van der Waals surface area contributed by atoms with Crippen LogP contribution in [-0.4, -0.2) is 29.4 Å². The molecule has 1 N–H and O–H groups in total. The molecule has 1 amide bonds. The number of rotatable bonds is 4. The van der Waals surface area contributed by atoms with Crippen LogP contribution in [0, 0.1) is 0 Å². The second kappa shape index (κ2) is 6.05. The van der Waals surface area contributed by atoms with Gasteiger partial charge in [0.05, 0.1) is 11.6 Å². The van der Waals surface area contributed by atoms with Gasteiger partial charge in [-0.2, -0.15) is 13.2 Å². The Morgan fingerprint density at radius 3 is 2.71 bits per heavy atom. The number of hydrogen-bond donors (Lipinski definition) is 1. The van der Waals surface area contributed by atoms with E-state index in [1.807, 2.05) is 13.8 Å². The van der Waals surface area contributed by atoms with Gasteiger partial charge < -0.3 is 10.2 Å². The topological polar surface area (TPSA) is 32.3 Å². The smallest absolute Gasteiger partial charge is 0.337 e. The van der Waals surface area contributed by atoms with Crippen molar-refractivity contribution in [3.8, 4) is 0 Å². The van der Waals surface area contributed by atoms with Gasteiger partial charge in [0.25, 0.3) is 0 Å². The van der Waals surface area contributed by atoms with Crippen LogP contribution in [0.4, 0.5) is 13.2 Å². The average molecular weight is 300 g/mol. The fraction of sp³-hybridized carbons (Fsp3) is 0.533. The van der Waals surface area contributed by atoms with Gasteiger partial charge in [-0.1, -0.05) is 26.0 Å². The lowest BCUT2D eigenvalue weighted by Crippen LogP contribution is -2.41. The summed E-state index contributed by atoms with van der Waals surface area (Å²) in [5, 5.41) is 3.17. The van der Waals surface area contributed by atoms with Crippen molar-refractivity contribution < 1.29 is 18.0 Å². The highest BCUT2D eigenvalue weighted by Gasteiger charge is 2.33. The van der Waals surface area contributed by atoms with Gasteiger partial charge in [-0.25, -0.2) is 0 Å². The zero-order chi connectivity index (χ0) is 15.6. The van der Waals surface area contributed by atoms with Crippen molar-refractivity contribution in [2.75, 3.05) is 6.54 Å². The number of hydrogen-bond acceptors (Lipinski definition) is 2. The van der Waals surface area contributed by atoms with Crippen LogP contribution in [0.3, 0.4) is 0 Å². The van der Waals surface area contributed by atoms with E-state index >= 15 is 0 Å². The molecule has 1 atom stereocenters. The highest BCUT2D eigenvalue weighted by molar-refractivity contribution is 5.84. The lowest BCUT2D eigenvalue weighted by atomic mass is 10.1. The molecule has 1 aliphatic rings. The second-order valence-electron chi connectivity index (χ2n) is 5.62. The maximum Gasteiger partial charge on any atom is 0.416 e. The molecule has 0 aromatic heterocycles. The van der Waals surface area contributed by atoms with E-state index in [1.165, 1.54) is 6.07 Å². The third kappa shape index (κ3) is 3.97. The monoisotopic (exact) mass is 300 g/mol. The first-order valence-corrected chi connectivity index (χ1v) is 6.98. The van der Waals surface area contributed by atoms with Crippen LogP contribution in [-0.2, 0) is 17.5 Å². The van der Waals surface area contributed by atoms with Crippen molar-refractivity contribution in [2.24, 2.45) is 0 Å². The van der Waals surface area contributed by atoms with E-state index in [1.54, 1.807) is 11.0 Å². The van der Waals surface area contributed by atoms with Gasteiger partial charge in [0, 0.05) is 19.1 Å². The van der Waals surface area contributed by atoms with Crippen molar-refractivity contribution in [1.29, 1.82) is 0 Å². The fourth-order valence-electron chi connectivity index (χ4n) is 2.52. The molecule has 1 aliphatic heterocycles. The van der Waals surface area contributed by atoms with Crippen LogP contribution in [0.1, 0.15) is 31.4 Å². The van der Waals surface area contributed by atoms with Crippen LogP contribution in [0.15, 0.2) is 24.3 Å². The molecule has 1 unspecified atom stereocenters. The predicted octanol–water partition coefficient (Wildman–Crippen LogP) is 2.80. The molecule has 1 aromatic rings. The highest BCUT2D eigenvalue weighted by atomic mass is 19.4. The van der Waals surface area contributed by atoms with Crippen LogP contribution in [0.2, 0.25) is 0 Å². The lowest BCUT2D eigenvalue weighted by Gasteiger charge is -2.19. The third-order valence-electron chi connectivity index (χ3n) is 3.46. The molecule has 0 aliphatic carbocycles. The van der Waals surface area contributed by atoms with E-state index in [9.17, 15) is 18.0 Å². The minimum absolute atomic E-state index is 0.0406. The van der Waals surface area contributed by atoms with Crippen molar-refractivity contribution in [3.05, 3.63) is 35.4 Å². The van der Waals surface area contributed by atoms with Gasteiger partial charge in [-0.05, 0) is 24.1 Å². The number of alkyl halides is 3. The predicted molar refractivity (Wildman–Crippen MR) is 73.5 cm³/mol. The molecule has 0 saturated carbocycles. The van der Waals surface area contributed by atoms with Gasteiger partial charge in [-0.15, -0.1) is 0 Å². The summed E-state index contributed by atoms with van der Waals surface area (Å²) in [6, 6.07) is 5.12. The summed E-state index contributed by atoms with van der Waals surface area (Å²) in [6.45, 7) is 4.71. The number of amides is 1. The summed E-state index contributed by atoms with van der Waals surface area (Å²) in [5.41, 5.74) is -0.174. The third-order valence-corrected chi connectivity index (χ3v) is 3.46. The van der Waals surface area contributed by atoms with E-state index in [2.05, 4.69) is 5.32 Å². The molecule has 1 aromatic carbocycles. The normalized spacial score (nSPS) is 19.6. The molecule has 6 heteroatoms. The quantitative estimate of drug-likeness (QED) is 0.927. The standard InChI is InChI=1S/C15H19F3N2O/c1-10(2)19-13-6-7-20(14(13)21)9-11-4-3-5-12(8-11)15(16,17)18/h3-5,8,10,13,19H,6-7,9H2,1-2H3. The number of nitrogens with one attached hydrogen (secondary N) is 1. The first-order chi connectivity index (χ1) is 9.77. The SMILES string of the molecule is CC(C)NC1CCN(Cc2cccc(C(F)(F)F)c2)C1=O. The highest BCUT2D eigenvalue weighted by Crippen LogP contribution is 2.30. The molecule has 2 rings (SSSR count). The first-order valence-electron chi connectivity index (χ1n) is 6.98. The Kier molecular flexibility index (Phi) is 4.56. The Morgan fingerprint density at radius 1 is 1.38 bits per heavy atom. The molecule has 1 saturated heterocycles. The molecule has 0 bridgehead atoms. The van der Waals surface area contributed by atoms with Crippen molar-refractivity contribution >= 4 is 5.91 Å². The summed E-state index contributed by atoms with van der Waals surface area (Å²) in [4.78, 5) is 13.8. The Bertz CT molecular complexity index is 514. The largest absolute Gasteiger partial charge is 0.416 e. The van der Waals surface area contributed by atoms with Gasteiger partial charge in [0.2, 0.25) is 5.91 Å². The number of nitrogens with zero attached hydrogens (tertiary/aromatic N) is 1. The number of benzene rings is 1. The first kappa shape index (κ1) is 15.8. The molecule has 1 fully saturated rings. The zero-order valence-corrected chi connectivity index (χ0v) is 12.1. The molecular formula is C15H19F3N2O. The van der Waals surface area contributed by atoms with Gasteiger partial charge >= 0.3 is 6.18 Å². The molecule has 21 heavy (non-hydrogen) atoms. The summed E-state index contributed by atoms with van der Waals surface area (Å²) >= 11 is 0. The minimum Gasteiger partial charge on any atom is -0.337 e. The Morgan fingerprint density at radius 2 is 2.10 bits per heavy atom.